The van der Waals surface area contributed by atoms with Crippen molar-refractivity contribution >= 4 is 27.3 Å². The third-order valence-electron chi connectivity index (χ3n) is 0.524. The molecule has 1 rings (SSSR count). The average molecular weight is 189 g/mol. The molecule has 0 radical (unpaired) electrons. The van der Waals surface area contributed by atoms with Crippen molar-refractivity contribution in [1.29, 1.82) is 0 Å². The largest absolute Gasteiger partial charge is 0.191 e. The monoisotopic (exact) mass is 188 g/mol. The van der Waals surface area contributed by atoms with Crippen LogP contribution in [-0.4, -0.2) is 10.2 Å². The summed E-state index contributed by atoms with van der Waals surface area (Å²) in [6.45, 7) is 0. The van der Waals surface area contributed by atoms with Gasteiger partial charge in [0.2, 0.25) is 0 Å². The van der Waals surface area contributed by atoms with Gasteiger partial charge in [-0.3, -0.25) is 0 Å². The number of hydrogen-bond acceptors (Lipinski definition) is 3. The summed E-state index contributed by atoms with van der Waals surface area (Å²) >= 11 is 4.47. The Kier molecular flexibility index (Phi) is 1.61. The maximum absolute atomic E-state index is 5.00. The van der Waals surface area contributed by atoms with E-state index in [0.717, 1.165) is 3.92 Å². The van der Waals surface area contributed by atoms with Gasteiger partial charge in [-0.1, -0.05) is 11.3 Å². The standard InChI is InChI=1S/C4HBrN2S/c1-2-3-6-7-4(5)8-3/h1H. The Bertz CT molecular complexity index is 224. The van der Waals surface area contributed by atoms with Crippen LogP contribution in [-0.2, 0) is 0 Å². The Morgan fingerprint density at radius 1 is 1.62 bits per heavy atom. The van der Waals surface area contributed by atoms with Crippen molar-refractivity contribution in [2.45, 2.75) is 0 Å². The van der Waals surface area contributed by atoms with Crippen LogP contribution in [0.15, 0.2) is 3.92 Å². The van der Waals surface area contributed by atoms with E-state index in [9.17, 15) is 0 Å². The third-order valence-corrected chi connectivity index (χ3v) is 1.81. The Balaban J connectivity index is 3.05. The number of halogens is 1. The summed E-state index contributed by atoms with van der Waals surface area (Å²) in [4.78, 5) is 0. The second kappa shape index (κ2) is 2.25. The average Bonchev–Trinajstić information content (AvgIpc) is 2.14. The minimum Gasteiger partial charge on any atom is -0.130 e. The van der Waals surface area contributed by atoms with E-state index in [-0.39, 0.29) is 0 Å². The summed E-state index contributed by atoms with van der Waals surface area (Å²) in [6, 6.07) is 0. The number of hydrogen-bond donors (Lipinski definition) is 0. The molecule has 0 fully saturated rings. The van der Waals surface area contributed by atoms with Gasteiger partial charge in [-0.15, -0.1) is 16.6 Å². The summed E-state index contributed by atoms with van der Waals surface area (Å²) in [7, 11) is 0. The summed E-state index contributed by atoms with van der Waals surface area (Å²) < 4.78 is 0.727. The molecule has 0 aliphatic heterocycles. The molecule has 0 aliphatic rings. The predicted molar refractivity (Wildman–Crippen MR) is 35.5 cm³/mol. The molecule has 1 aromatic rings. The smallest absolute Gasteiger partial charge is 0.130 e. The van der Waals surface area contributed by atoms with E-state index in [1.165, 1.54) is 11.3 Å². The summed E-state index contributed by atoms with van der Waals surface area (Å²) in [5.41, 5.74) is 0. The van der Waals surface area contributed by atoms with Crippen molar-refractivity contribution in [1.82, 2.24) is 10.2 Å². The lowest BCUT2D eigenvalue weighted by Gasteiger charge is -1.64. The molecule has 0 amide bonds. The van der Waals surface area contributed by atoms with Crippen LogP contribution in [0.5, 0.6) is 0 Å². The molecule has 1 heterocycles. The fourth-order valence-corrected chi connectivity index (χ4v) is 1.18. The molecule has 0 saturated carbocycles. The molecule has 0 aliphatic carbocycles. The molecule has 1 aromatic heterocycles. The van der Waals surface area contributed by atoms with Gasteiger partial charge >= 0.3 is 0 Å². The van der Waals surface area contributed by atoms with Crippen molar-refractivity contribution in [3.8, 4) is 12.3 Å². The van der Waals surface area contributed by atoms with Crippen molar-refractivity contribution in [3.05, 3.63) is 8.92 Å². The van der Waals surface area contributed by atoms with Gasteiger partial charge in [-0.25, -0.2) is 0 Å². The minimum atomic E-state index is 0.608. The van der Waals surface area contributed by atoms with E-state index in [0.29, 0.717) is 5.01 Å². The molecule has 0 spiro atoms. The zero-order valence-corrected chi connectivity index (χ0v) is 6.16. The van der Waals surface area contributed by atoms with E-state index in [1.54, 1.807) is 0 Å². The SMILES string of the molecule is C#Cc1nnc(Br)s1. The Labute approximate surface area is 59.1 Å². The number of aromatic nitrogens is 2. The van der Waals surface area contributed by atoms with Crippen molar-refractivity contribution in [2.75, 3.05) is 0 Å². The second-order valence-corrected chi connectivity index (χ2v) is 3.26. The van der Waals surface area contributed by atoms with Crippen LogP contribution in [0.1, 0.15) is 5.01 Å². The van der Waals surface area contributed by atoms with Crippen molar-refractivity contribution in [3.63, 3.8) is 0 Å². The molecule has 0 N–H and O–H groups in total. The van der Waals surface area contributed by atoms with E-state index in [4.69, 9.17) is 6.42 Å². The van der Waals surface area contributed by atoms with Crippen LogP contribution in [0.2, 0.25) is 0 Å². The van der Waals surface area contributed by atoms with Gasteiger partial charge in [0, 0.05) is 0 Å². The second-order valence-electron chi connectivity index (χ2n) is 1.00. The lowest BCUT2D eigenvalue weighted by atomic mass is 10.8. The fraction of sp³-hybridized carbons (Fsp3) is 0. The maximum atomic E-state index is 5.00. The summed E-state index contributed by atoms with van der Waals surface area (Å²) in [6.07, 6.45) is 5.00. The molecule has 40 valence electrons. The highest BCUT2D eigenvalue weighted by Crippen LogP contribution is 2.13. The minimum absolute atomic E-state index is 0.608. The molecule has 0 bridgehead atoms. The lowest BCUT2D eigenvalue weighted by Crippen LogP contribution is -1.68. The molecule has 8 heavy (non-hydrogen) atoms. The molecular formula is C4HBrN2S. The highest BCUT2D eigenvalue weighted by atomic mass is 79.9. The van der Waals surface area contributed by atoms with Gasteiger partial charge in [-0.05, 0) is 21.9 Å². The molecule has 0 atom stereocenters. The van der Waals surface area contributed by atoms with E-state index in [1.807, 2.05) is 0 Å². The maximum Gasteiger partial charge on any atom is 0.191 e. The zero-order valence-electron chi connectivity index (χ0n) is 3.76. The van der Waals surface area contributed by atoms with Crippen LogP contribution >= 0.6 is 27.3 Å². The number of rotatable bonds is 0. The van der Waals surface area contributed by atoms with Gasteiger partial charge in [0.1, 0.15) is 0 Å². The topological polar surface area (TPSA) is 25.8 Å². The zero-order chi connectivity index (χ0) is 5.98. The van der Waals surface area contributed by atoms with E-state index >= 15 is 0 Å². The van der Waals surface area contributed by atoms with Crippen LogP contribution in [0.3, 0.4) is 0 Å². The predicted octanol–water partition coefficient (Wildman–Crippen LogP) is 1.28. The van der Waals surface area contributed by atoms with E-state index in [2.05, 4.69) is 32.0 Å². The quantitative estimate of drug-likeness (QED) is 0.574. The first-order valence-electron chi connectivity index (χ1n) is 1.78. The molecule has 2 nitrogen and oxygen atoms in total. The third kappa shape index (κ3) is 1.05. The summed E-state index contributed by atoms with van der Waals surface area (Å²) in [5.74, 6) is 2.36. The Hall–Kier alpha value is -0.400. The highest BCUT2D eigenvalue weighted by Gasteiger charge is 1.93. The number of nitrogens with zero attached hydrogens (tertiary/aromatic N) is 2. The van der Waals surface area contributed by atoms with Gasteiger partial charge in [0.05, 0.1) is 0 Å². The molecule has 0 saturated heterocycles. The fourth-order valence-electron chi connectivity index (χ4n) is 0.264. The highest BCUT2D eigenvalue weighted by molar-refractivity contribution is 9.11. The van der Waals surface area contributed by atoms with Crippen molar-refractivity contribution < 1.29 is 0 Å². The van der Waals surface area contributed by atoms with Crippen LogP contribution in [0.25, 0.3) is 0 Å². The first-order chi connectivity index (χ1) is 3.83. The summed E-state index contributed by atoms with van der Waals surface area (Å²) in [5, 5.41) is 7.86. The Morgan fingerprint density at radius 2 is 2.38 bits per heavy atom. The molecule has 0 aromatic carbocycles. The van der Waals surface area contributed by atoms with Gasteiger partial charge in [0.25, 0.3) is 0 Å². The Morgan fingerprint density at radius 3 is 2.62 bits per heavy atom. The van der Waals surface area contributed by atoms with Gasteiger partial charge in [0.15, 0.2) is 8.92 Å². The van der Waals surface area contributed by atoms with Gasteiger partial charge in [-0.2, -0.15) is 0 Å². The lowest BCUT2D eigenvalue weighted by molar-refractivity contribution is 1.06. The molecule has 4 heteroatoms. The number of terminal acetylenes is 1. The van der Waals surface area contributed by atoms with Crippen LogP contribution in [0.4, 0.5) is 0 Å². The first kappa shape index (κ1) is 5.73. The van der Waals surface area contributed by atoms with Gasteiger partial charge < -0.3 is 0 Å². The first-order valence-corrected chi connectivity index (χ1v) is 3.39. The molecule has 0 unspecified atom stereocenters. The molecular weight excluding hydrogens is 188 g/mol. The normalized spacial score (nSPS) is 8.50. The van der Waals surface area contributed by atoms with E-state index < -0.39 is 0 Å². The van der Waals surface area contributed by atoms with Crippen LogP contribution < -0.4 is 0 Å². The van der Waals surface area contributed by atoms with Crippen molar-refractivity contribution in [2.24, 2.45) is 0 Å². The van der Waals surface area contributed by atoms with Crippen LogP contribution in [0, 0.1) is 12.3 Å².